The largest absolute Gasteiger partial charge is 0.295 e. The Morgan fingerprint density at radius 3 is 2.65 bits per heavy atom. The molecule has 92 valence electrons. The summed E-state index contributed by atoms with van der Waals surface area (Å²) < 4.78 is 0. The molecular weight excluding hydrogens is 208 g/mol. The molecule has 3 rings (SSSR count). The topological polar surface area (TPSA) is 17.1 Å². The average Bonchev–Trinajstić information content (AvgIpc) is 2.71. The van der Waals surface area contributed by atoms with Crippen LogP contribution in [-0.2, 0) is 4.79 Å². The second kappa shape index (κ2) is 3.34. The number of rotatable bonds is 0. The van der Waals surface area contributed by atoms with Crippen molar-refractivity contribution in [2.75, 3.05) is 0 Å². The van der Waals surface area contributed by atoms with Crippen LogP contribution in [0, 0.1) is 22.7 Å². The summed E-state index contributed by atoms with van der Waals surface area (Å²) >= 11 is 0. The second-order valence-corrected chi connectivity index (χ2v) is 6.91. The monoisotopic (exact) mass is 230 g/mol. The molecule has 0 N–H and O–H groups in total. The van der Waals surface area contributed by atoms with Gasteiger partial charge in [0, 0.05) is 6.42 Å². The van der Waals surface area contributed by atoms with E-state index in [0.717, 1.165) is 24.7 Å². The van der Waals surface area contributed by atoms with Gasteiger partial charge < -0.3 is 0 Å². The van der Waals surface area contributed by atoms with Crippen molar-refractivity contribution in [3.63, 3.8) is 0 Å². The SMILES string of the molecule is CC1=C[C@H]2C[C@@]3(C=CC(=O)CC3)C[C@H]2C1(C)C. The summed E-state index contributed by atoms with van der Waals surface area (Å²) in [6.45, 7) is 7.06. The van der Waals surface area contributed by atoms with E-state index in [0.29, 0.717) is 16.6 Å². The van der Waals surface area contributed by atoms with E-state index >= 15 is 0 Å². The number of carbonyl (C=O) groups excluding carboxylic acids is 1. The fraction of sp³-hybridized carbons (Fsp3) is 0.688. The highest BCUT2D eigenvalue weighted by atomic mass is 16.1. The lowest BCUT2D eigenvalue weighted by atomic mass is 9.71. The molecule has 17 heavy (non-hydrogen) atoms. The maximum absolute atomic E-state index is 11.3. The van der Waals surface area contributed by atoms with Crippen LogP contribution in [0.3, 0.4) is 0 Å². The van der Waals surface area contributed by atoms with Crippen LogP contribution < -0.4 is 0 Å². The standard InChI is InChI=1S/C16H22O/c1-11-8-12-9-16(6-4-13(17)5-7-16)10-14(12)15(11,2)3/h4,6,8,12,14H,5,7,9-10H2,1-3H3/t12-,14+,16-/m0/s1. The first-order chi connectivity index (χ1) is 7.93. The van der Waals surface area contributed by atoms with Crippen LogP contribution >= 0.6 is 0 Å². The first kappa shape index (κ1) is 11.3. The Labute approximate surface area is 104 Å². The predicted octanol–water partition coefficient (Wildman–Crippen LogP) is 3.90. The van der Waals surface area contributed by atoms with Gasteiger partial charge in [0.2, 0.25) is 0 Å². The molecule has 3 aliphatic rings. The first-order valence-corrected chi connectivity index (χ1v) is 6.84. The number of fused-ring (bicyclic) bond motifs is 1. The normalized spacial score (nSPS) is 43.0. The Hall–Kier alpha value is -0.850. The van der Waals surface area contributed by atoms with Gasteiger partial charge in [0.05, 0.1) is 0 Å². The van der Waals surface area contributed by atoms with Crippen molar-refractivity contribution in [2.24, 2.45) is 22.7 Å². The fourth-order valence-corrected chi connectivity index (χ4v) is 4.23. The molecule has 0 aliphatic heterocycles. The third kappa shape index (κ3) is 1.55. The van der Waals surface area contributed by atoms with Gasteiger partial charge in [-0.2, -0.15) is 0 Å². The third-order valence-corrected chi connectivity index (χ3v) is 5.68. The van der Waals surface area contributed by atoms with E-state index in [1.165, 1.54) is 12.8 Å². The summed E-state index contributed by atoms with van der Waals surface area (Å²) in [6.07, 6.45) is 11.0. The number of hydrogen-bond acceptors (Lipinski definition) is 1. The Morgan fingerprint density at radius 2 is 2.06 bits per heavy atom. The zero-order chi connectivity index (χ0) is 12.3. The molecule has 0 radical (unpaired) electrons. The molecule has 0 aromatic heterocycles. The van der Waals surface area contributed by atoms with Crippen LogP contribution in [0.2, 0.25) is 0 Å². The summed E-state index contributed by atoms with van der Waals surface area (Å²) in [5, 5.41) is 0. The van der Waals surface area contributed by atoms with Gasteiger partial charge in [0.15, 0.2) is 5.78 Å². The van der Waals surface area contributed by atoms with Gasteiger partial charge in [-0.3, -0.25) is 4.79 Å². The molecule has 0 amide bonds. The molecule has 1 heteroatoms. The van der Waals surface area contributed by atoms with E-state index < -0.39 is 0 Å². The highest BCUT2D eigenvalue weighted by molar-refractivity contribution is 5.90. The van der Waals surface area contributed by atoms with Crippen LogP contribution in [-0.4, -0.2) is 5.78 Å². The van der Waals surface area contributed by atoms with E-state index in [4.69, 9.17) is 0 Å². The minimum Gasteiger partial charge on any atom is -0.295 e. The van der Waals surface area contributed by atoms with Crippen molar-refractivity contribution in [3.05, 3.63) is 23.8 Å². The summed E-state index contributed by atoms with van der Waals surface area (Å²) in [5.74, 6) is 1.86. The quantitative estimate of drug-likeness (QED) is 0.577. The summed E-state index contributed by atoms with van der Waals surface area (Å²) in [5.41, 5.74) is 2.28. The van der Waals surface area contributed by atoms with Crippen LogP contribution in [0.1, 0.15) is 46.5 Å². The van der Waals surface area contributed by atoms with Crippen molar-refractivity contribution in [3.8, 4) is 0 Å². The highest BCUT2D eigenvalue weighted by Crippen LogP contribution is 2.61. The molecule has 0 aromatic rings. The maximum Gasteiger partial charge on any atom is 0.155 e. The fourth-order valence-electron chi connectivity index (χ4n) is 4.23. The second-order valence-electron chi connectivity index (χ2n) is 6.91. The summed E-state index contributed by atoms with van der Waals surface area (Å²) in [7, 11) is 0. The molecule has 3 aliphatic carbocycles. The molecular formula is C16H22O. The molecule has 1 nitrogen and oxygen atoms in total. The van der Waals surface area contributed by atoms with E-state index in [2.05, 4.69) is 32.9 Å². The Balaban J connectivity index is 1.89. The average molecular weight is 230 g/mol. The van der Waals surface area contributed by atoms with E-state index in [1.54, 1.807) is 5.57 Å². The molecule has 0 bridgehead atoms. The van der Waals surface area contributed by atoms with Gasteiger partial charge in [0.25, 0.3) is 0 Å². The van der Waals surface area contributed by atoms with Crippen molar-refractivity contribution < 1.29 is 4.79 Å². The summed E-state index contributed by atoms with van der Waals surface area (Å²) in [4.78, 5) is 11.3. The van der Waals surface area contributed by atoms with Crippen molar-refractivity contribution >= 4 is 5.78 Å². The number of allylic oxidation sites excluding steroid dienone is 4. The molecule has 0 aromatic carbocycles. The molecule has 0 unspecified atom stereocenters. The van der Waals surface area contributed by atoms with E-state index in [9.17, 15) is 4.79 Å². The zero-order valence-corrected chi connectivity index (χ0v) is 11.1. The third-order valence-electron chi connectivity index (χ3n) is 5.68. The lowest BCUT2D eigenvalue weighted by Crippen LogP contribution is -2.25. The first-order valence-electron chi connectivity index (χ1n) is 6.84. The van der Waals surface area contributed by atoms with Gasteiger partial charge in [-0.15, -0.1) is 0 Å². The molecule has 1 spiro atoms. The number of ketones is 1. The van der Waals surface area contributed by atoms with Gasteiger partial charge in [-0.1, -0.05) is 31.6 Å². The van der Waals surface area contributed by atoms with Gasteiger partial charge in [-0.05, 0) is 54.9 Å². The van der Waals surface area contributed by atoms with Crippen molar-refractivity contribution in [1.29, 1.82) is 0 Å². The highest BCUT2D eigenvalue weighted by Gasteiger charge is 2.52. The minimum absolute atomic E-state index is 0.318. The smallest absolute Gasteiger partial charge is 0.155 e. The van der Waals surface area contributed by atoms with Crippen molar-refractivity contribution in [2.45, 2.75) is 46.5 Å². The predicted molar refractivity (Wildman–Crippen MR) is 69.6 cm³/mol. The van der Waals surface area contributed by atoms with E-state index in [1.807, 2.05) is 6.08 Å². The molecule has 1 fully saturated rings. The molecule has 0 saturated heterocycles. The van der Waals surface area contributed by atoms with Crippen molar-refractivity contribution in [1.82, 2.24) is 0 Å². The van der Waals surface area contributed by atoms with Crippen LogP contribution in [0.5, 0.6) is 0 Å². The maximum atomic E-state index is 11.3. The molecule has 1 saturated carbocycles. The number of hydrogen-bond donors (Lipinski definition) is 0. The minimum atomic E-state index is 0.318. The summed E-state index contributed by atoms with van der Waals surface area (Å²) in [6, 6.07) is 0. The van der Waals surface area contributed by atoms with Crippen LogP contribution in [0.4, 0.5) is 0 Å². The Kier molecular flexibility index (Phi) is 2.21. The van der Waals surface area contributed by atoms with E-state index in [-0.39, 0.29) is 0 Å². The van der Waals surface area contributed by atoms with Crippen LogP contribution in [0.15, 0.2) is 23.8 Å². The molecule has 0 heterocycles. The van der Waals surface area contributed by atoms with Gasteiger partial charge in [-0.25, -0.2) is 0 Å². The molecule has 3 atom stereocenters. The lowest BCUT2D eigenvalue weighted by molar-refractivity contribution is -0.115. The Bertz CT molecular complexity index is 427. The Morgan fingerprint density at radius 1 is 1.29 bits per heavy atom. The lowest BCUT2D eigenvalue weighted by Gasteiger charge is -2.33. The zero-order valence-electron chi connectivity index (χ0n) is 11.1. The van der Waals surface area contributed by atoms with Gasteiger partial charge in [0.1, 0.15) is 0 Å². The van der Waals surface area contributed by atoms with Crippen LogP contribution in [0.25, 0.3) is 0 Å². The van der Waals surface area contributed by atoms with Gasteiger partial charge >= 0.3 is 0 Å². The number of carbonyl (C=O) groups is 1.